The first kappa shape index (κ1) is 16.9. The molecule has 21 heavy (non-hydrogen) atoms. The summed E-state index contributed by atoms with van der Waals surface area (Å²) in [6.45, 7) is 7.12. The number of nitrogens with one attached hydrogen (secondary N) is 1. The highest BCUT2D eigenvalue weighted by atomic mass is 16.5. The van der Waals surface area contributed by atoms with Crippen molar-refractivity contribution in [2.45, 2.75) is 25.3 Å². The molecule has 1 amide bonds. The summed E-state index contributed by atoms with van der Waals surface area (Å²) in [5.41, 5.74) is -0.00780. The lowest BCUT2D eigenvalue weighted by Gasteiger charge is -2.26. The molecule has 5 heteroatoms. The summed E-state index contributed by atoms with van der Waals surface area (Å²) in [5.74, 6) is -1.49. The molecule has 0 aliphatic carbocycles. The van der Waals surface area contributed by atoms with Gasteiger partial charge in [0.15, 0.2) is 6.04 Å². The van der Waals surface area contributed by atoms with Crippen molar-refractivity contribution in [2.75, 3.05) is 13.2 Å². The van der Waals surface area contributed by atoms with Gasteiger partial charge in [-0.15, -0.1) is 6.58 Å². The van der Waals surface area contributed by atoms with Gasteiger partial charge in [-0.05, 0) is 19.4 Å². The van der Waals surface area contributed by atoms with E-state index in [4.69, 9.17) is 9.84 Å². The SMILES string of the molecule is C=CCOCC(NC(=O)C(C)(C)c1ccccc1)C(=O)O. The Hall–Kier alpha value is -2.14. The molecule has 0 aromatic heterocycles. The van der Waals surface area contributed by atoms with E-state index in [9.17, 15) is 9.59 Å². The van der Waals surface area contributed by atoms with Crippen molar-refractivity contribution in [3.05, 3.63) is 48.6 Å². The molecular formula is C16H21NO4. The van der Waals surface area contributed by atoms with Crippen molar-refractivity contribution >= 4 is 11.9 Å². The number of aliphatic carboxylic acids is 1. The number of carbonyl (C=O) groups is 2. The van der Waals surface area contributed by atoms with E-state index in [1.165, 1.54) is 6.08 Å². The molecule has 1 aromatic carbocycles. The van der Waals surface area contributed by atoms with Crippen LogP contribution < -0.4 is 5.32 Å². The van der Waals surface area contributed by atoms with Gasteiger partial charge in [0, 0.05) is 0 Å². The lowest BCUT2D eigenvalue weighted by molar-refractivity contribution is -0.144. The Balaban J connectivity index is 2.76. The number of ether oxygens (including phenoxy) is 1. The molecule has 0 bridgehead atoms. The van der Waals surface area contributed by atoms with Crippen LogP contribution in [0.3, 0.4) is 0 Å². The van der Waals surface area contributed by atoms with Gasteiger partial charge in [0.2, 0.25) is 5.91 Å². The highest BCUT2D eigenvalue weighted by molar-refractivity contribution is 5.90. The molecule has 5 nitrogen and oxygen atoms in total. The van der Waals surface area contributed by atoms with Gasteiger partial charge in [-0.1, -0.05) is 36.4 Å². The van der Waals surface area contributed by atoms with Gasteiger partial charge >= 0.3 is 5.97 Å². The number of carbonyl (C=O) groups excluding carboxylic acids is 1. The Morgan fingerprint density at radius 1 is 1.38 bits per heavy atom. The maximum atomic E-state index is 12.4. The van der Waals surface area contributed by atoms with Crippen LogP contribution in [0.5, 0.6) is 0 Å². The third kappa shape index (κ3) is 4.72. The Morgan fingerprint density at radius 3 is 2.52 bits per heavy atom. The third-order valence-electron chi connectivity index (χ3n) is 3.19. The Labute approximate surface area is 124 Å². The Morgan fingerprint density at radius 2 is 2.00 bits per heavy atom. The molecule has 1 unspecified atom stereocenters. The molecule has 1 aromatic rings. The average Bonchev–Trinajstić information content (AvgIpc) is 2.46. The minimum atomic E-state index is -1.13. The van der Waals surface area contributed by atoms with Crippen LogP contribution in [-0.4, -0.2) is 36.2 Å². The van der Waals surface area contributed by atoms with Gasteiger partial charge in [-0.25, -0.2) is 4.79 Å². The Kier molecular flexibility index (Phi) is 6.11. The van der Waals surface area contributed by atoms with Crippen molar-refractivity contribution in [3.63, 3.8) is 0 Å². The lowest BCUT2D eigenvalue weighted by Crippen LogP contribution is -2.50. The zero-order valence-corrected chi connectivity index (χ0v) is 12.3. The molecule has 2 N–H and O–H groups in total. The molecule has 0 saturated heterocycles. The van der Waals surface area contributed by atoms with E-state index < -0.39 is 17.4 Å². The minimum absolute atomic E-state index is 0.0992. The summed E-state index contributed by atoms with van der Waals surface area (Å²) in [5, 5.41) is 11.7. The van der Waals surface area contributed by atoms with E-state index in [2.05, 4.69) is 11.9 Å². The van der Waals surface area contributed by atoms with Crippen molar-refractivity contribution < 1.29 is 19.4 Å². The summed E-state index contributed by atoms with van der Waals surface area (Å²) in [6, 6.07) is 8.13. The second kappa shape index (κ2) is 7.59. The van der Waals surface area contributed by atoms with Crippen LogP contribution in [0.2, 0.25) is 0 Å². The van der Waals surface area contributed by atoms with Crippen molar-refractivity contribution in [2.24, 2.45) is 0 Å². The van der Waals surface area contributed by atoms with Crippen LogP contribution in [-0.2, 0) is 19.7 Å². The first-order chi connectivity index (χ1) is 9.89. The maximum Gasteiger partial charge on any atom is 0.328 e. The average molecular weight is 291 g/mol. The highest BCUT2D eigenvalue weighted by Gasteiger charge is 2.32. The number of benzene rings is 1. The summed E-state index contributed by atoms with van der Waals surface area (Å²) >= 11 is 0. The van der Waals surface area contributed by atoms with Gasteiger partial charge in [0.1, 0.15) is 0 Å². The summed E-state index contributed by atoms with van der Waals surface area (Å²) in [7, 11) is 0. The van der Waals surface area contributed by atoms with Crippen LogP contribution in [0.1, 0.15) is 19.4 Å². The largest absolute Gasteiger partial charge is 0.480 e. The third-order valence-corrected chi connectivity index (χ3v) is 3.19. The number of hydrogen-bond donors (Lipinski definition) is 2. The van der Waals surface area contributed by atoms with Crippen molar-refractivity contribution in [1.29, 1.82) is 0 Å². The fourth-order valence-electron chi connectivity index (χ4n) is 1.77. The fourth-order valence-corrected chi connectivity index (χ4v) is 1.77. The van der Waals surface area contributed by atoms with E-state index in [1.807, 2.05) is 30.3 Å². The molecule has 0 fully saturated rings. The van der Waals surface area contributed by atoms with Crippen LogP contribution in [0.4, 0.5) is 0 Å². The van der Waals surface area contributed by atoms with Crippen LogP contribution in [0, 0.1) is 0 Å². The summed E-state index contributed by atoms with van der Waals surface area (Å²) in [4.78, 5) is 23.5. The first-order valence-corrected chi connectivity index (χ1v) is 6.67. The van der Waals surface area contributed by atoms with Gasteiger partial charge in [0.05, 0.1) is 18.6 Å². The number of hydrogen-bond acceptors (Lipinski definition) is 3. The molecule has 0 saturated carbocycles. The zero-order chi connectivity index (χ0) is 15.9. The number of carboxylic acid groups (broad SMARTS) is 1. The number of rotatable bonds is 8. The molecule has 114 valence electrons. The summed E-state index contributed by atoms with van der Waals surface area (Å²) < 4.78 is 5.11. The number of carboxylic acids is 1. The predicted octanol–water partition coefficient (Wildman–Crippen LogP) is 1.74. The maximum absolute atomic E-state index is 12.4. The zero-order valence-electron chi connectivity index (χ0n) is 12.3. The Bertz CT molecular complexity index is 496. The van der Waals surface area contributed by atoms with Gasteiger partial charge in [-0.3, -0.25) is 4.79 Å². The fraction of sp³-hybridized carbons (Fsp3) is 0.375. The van der Waals surface area contributed by atoms with E-state index >= 15 is 0 Å². The van der Waals surface area contributed by atoms with E-state index in [-0.39, 0.29) is 19.1 Å². The predicted molar refractivity (Wildman–Crippen MR) is 80.1 cm³/mol. The molecule has 0 aliphatic heterocycles. The molecule has 0 aliphatic rings. The molecule has 0 spiro atoms. The van der Waals surface area contributed by atoms with E-state index in [0.717, 1.165) is 5.56 Å². The molecular weight excluding hydrogens is 270 g/mol. The highest BCUT2D eigenvalue weighted by Crippen LogP contribution is 2.23. The van der Waals surface area contributed by atoms with Gasteiger partial charge in [0.25, 0.3) is 0 Å². The van der Waals surface area contributed by atoms with Crippen molar-refractivity contribution in [3.8, 4) is 0 Å². The number of amides is 1. The topological polar surface area (TPSA) is 75.6 Å². The first-order valence-electron chi connectivity index (χ1n) is 6.67. The second-order valence-electron chi connectivity index (χ2n) is 5.18. The van der Waals surface area contributed by atoms with Crippen molar-refractivity contribution in [1.82, 2.24) is 5.32 Å². The molecule has 1 rings (SSSR count). The quantitative estimate of drug-likeness (QED) is 0.565. The summed E-state index contributed by atoms with van der Waals surface area (Å²) in [6.07, 6.45) is 1.52. The smallest absolute Gasteiger partial charge is 0.328 e. The van der Waals surface area contributed by atoms with E-state index in [0.29, 0.717) is 0 Å². The van der Waals surface area contributed by atoms with Crippen LogP contribution in [0.15, 0.2) is 43.0 Å². The molecule has 0 heterocycles. The van der Waals surface area contributed by atoms with E-state index in [1.54, 1.807) is 13.8 Å². The second-order valence-corrected chi connectivity index (χ2v) is 5.18. The van der Waals surface area contributed by atoms with Gasteiger partial charge in [-0.2, -0.15) is 0 Å². The normalized spacial score (nSPS) is 12.5. The van der Waals surface area contributed by atoms with Crippen LogP contribution >= 0.6 is 0 Å². The molecule has 0 radical (unpaired) electrons. The monoisotopic (exact) mass is 291 g/mol. The standard InChI is InChI=1S/C16H21NO4/c1-4-10-21-11-13(14(18)19)17-15(20)16(2,3)12-8-6-5-7-9-12/h4-9,13H,1,10-11H2,2-3H3,(H,17,20)(H,18,19). The van der Waals surface area contributed by atoms with Crippen LogP contribution in [0.25, 0.3) is 0 Å². The lowest BCUT2D eigenvalue weighted by atomic mass is 9.83. The minimum Gasteiger partial charge on any atom is -0.480 e. The van der Waals surface area contributed by atoms with Gasteiger partial charge < -0.3 is 15.2 Å². The molecule has 1 atom stereocenters.